The predicted molar refractivity (Wildman–Crippen MR) is 71.6 cm³/mol. The summed E-state index contributed by atoms with van der Waals surface area (Å²) < 4.78 is 0. The molecule has 2 fully saturated rings. The molecule has 2 aliphatic rings. The van der Waals surface area contributed by atoms with Crippen molar-refractivity contribution in [3.63, 3.8) is 0 Å². The molecular formula is C14H24N2O3. The second-order valence-corrected chi connectivity index (χ2v) is 5.98. The summed E-state index contributed by atoms with van der Waals surface area (Å²) >= 11 is 0. The zero-order valence-corrected chi connectivity index (χ0v) is 11.4. The Bertz CT molecular complexity index is 341. The van der Waals surface area contributed by atoms with E-state index in [1.165, 1.54) is 12.8 Å². The van der Waals surface area contributed by atoms with E-state index < -0.39 is 11.5 Å². The van der Waals surface area contributed by atoms with Crippen LogP contribution in [0.2, 0.25) is 0 Å². The van der Waals surface area contributed by atoms with Crippen molar-refractivity contribution in [1.29, 1.82) is 0 Å². The van der Waals surface area contributed by atoms with Crippen LogP contribution in [0, 0.1) is 5.92 Å². The quantitative estimate of drug-likeness (QED) is 0.792. The van der Waals surface area contributed by atoms with Crippen LogP contribution >= 0.6 is 0 Å². The largest absolute Gasteiger partial charge is 0.480 e. The van der Waals surface area contributed by atoms with Gasteiger partial charge in [0, 0.05) is 19.0 Å². The van der Waals surface area contributed by atoms with Crippen LogP contribution in [0.4, 0.5) is 0 Å². The zero-order chi connectivity index (χ0) is 13.9. The third-order valence-electron chi connectivity index (χ3n) is 4.57. The molecule has 0 bridgehead atoms. The molecule has 1 saturated heterocycles. The van der Waals surface area contributed by atoms with Gasteiger partial charge in [0.05, 0.1) is 0 Å². The Hall–Kier alpha value is -1.10. The average molecular weight is 268 g/mol. The van der Waals surface area contributed by atoms with Crippen molar-refractivity contribution in [1.82, 2.24) is 4.90 Å². The van der Waals surface area contributed by atoms with Gasteiger partial charge in [-0.15, -0.1) is 0 Å². The number of amides is 1. The van der Waals surface area contributed by atoms with Crippen LogP contribution in [0.5, 0.6) is 0 Å². The first kappa shape index (κ1) is 14.3. The van der Waals surface area contributed by atoms with E-state index in [1.54, 1.807) is 0 Å². The molecule has 2 rings (SSSR count). The predicted octanol–water partition coefficient (Wildman–Crippen LogP) is 1.36. The van der Waals surface area contributed by atoms with Gasteiger partial charge in [0.1, 0.15) is 5.54 Å². The van der Waals surface area contributed by atoms with Crippen molar-refractivity contribution in [2.45, 2.75) is 56.9 Å². The Morgan fingerprint density at radius 1 is 1.05 bits per heavy atom. The molecular weight excluding hydrogens is 244 g/mol. The number of carboxylic acid groups (broad SMARTS) is 1. The molecule has 5 heteroatoms. The highest BCUT2D eigenvalue weighted by Crippen LogP contribution is 2.32. The zero-order valence-electron chi connectivity index (χ0n) is 11.4. The van der Waals surface area contributed by atoms with Gasteiger partial charge >= 0.3 is 5.97 Å². The van der Waals surface area contributed by atoms with E-state index in [0.717, 1.165) is 25.9 Å². The Balaban J connectivity index is 1.90. The Morgan fingerprint density at radius 2 is 1.58 bits per heavy atom. The number of carbonyl (C=O) groups is 2. The molecule has 108 valence electrons. The number of likely N-dealkylation sites (tertiary alicyclic amines) is 1. The highest BCUT2D eigenvalue weighted by molar-refractivity contribution is 5.81. The maximum atomic E-state index is 12.4. The molecule has 19 heavy (non-hydrogen) atoms. The van der Waals surface area contributed by atoms with Gasteiger partial charge in [-0.2, -0.15) is 0 Å². The summed E-state index contributed by atoms with van der Waals surface area (Å²) in [4.78, 5) is 25.5. The molecule has 0 aromatic rings. The van der Waals surface area contributed by atoms with E-state index >= 15 is 0 Å². The van der Waals surface area contributed by atoms with Gasteiger partial charge in [-0.1, -0.05) is 12.8 Å². The van der Waals surface area contributed by atoms with Crippen LogP contribution in [0.3, 0.4) is 0 Å². The number of rotatable bonds is 2. The molecule has 5 nitrogen and oxygen atoms in total. The number of aliphatic carboxylic acids is 1. The minimum atomic E-state index is -1.12. The lowest BCUT2D eigenvalue weighted by Gasteiger charge is -2.35. The first-order valence-electron chi connectivity index (χ1n) is 7.34. The summed E-state index contributed by atoms with van der Waals surface area (Å²) in [5.74, 6) is -0.739. The van der Waals surface area contributed by atoms with Gasteiger partial charge < -0.3 is 15.7 Å². The Morgan fingerprint density at radius 3 is 2.05 bits per heavy atom. The number of nitrogens with zero attached hydrogens (tertiary/aromatic N) is 1. The molecule has 0 atom stereocenters. The highest BCUT2D eigenvalue weighted by Gasteiger charge is 2.40. The smallest absolute Gasteiger partial charge is 0.323 e. The summed E-state index contributed by atoms with van der Waals surface area (Å²) in [6.45, 7) is 1.73. The molecule has 1 aliphatic carbocycles. The second kappa shape index (κ2) is 5.90. The number of hydrogen-bond donors (Lipinski definition) is 2. The molecule has 0 unspecified atom stereocenters. The van der Waals surface area contributed by atoms with Crippen molar-refractivity contribution < 1.29 is 14.7 Å². The minimum absolute atomic E-state index is 0.0193. The van der Waals surface area contributed by atoms with Crippen molar-refractivity contribution in [3.8, 4) is 0 Å². The van der Waals surface area contributed by atoms with E-state index in [9.17, 15) is 9.59 Å². The Kier molecular flexibility index (Phi) is 4.45. The van der Waals surface area contributed by atoms with Gasteiger partial charge in [0.25, 0.3) is 0 Å². The summed E-state index contributed by atoms with van der Waals surface area (Å²) in [7, 11) is 0. The fourth-order valence-corrected chi connectivity index (χ4v) is 3.14. The van der Waals surface area contributed by atoms with E-state index in [-0.39, 0.29) is 11.8 Å². The molecule has 0 spiro atoms. The van der Waals surface area contributed by atoms with E-state index in [2.05, 4.69) is 0 Å². The van der Waals surface area contributed by atoms with Crippen molar-refractivity contribution in [2.24, 2.45) is 11.7 Å². The summed E-state index contributed by atoms with van der Waals surface area (Å²) in [5, 5.41) is 9.09. The first-order chi connectivity index (χ1) is 9.03. The summed E-state index contributed by atoms with van der Waals surface area (Å²) in [5.41, 5.74) is 4.73. The topological polar surface area (TPSA) is 83.6 Å². The lowest BCUT2D eigenvalue weighted by Crippen LogP contribution is -2.52. The average Bonchev–Trinajstić information content (AvgIpc) is 2.67. The molecule has 0 aromatic heterocycles. The minimum Gasteiger partial charge on any atom is -0.480 e. The third-order valence-corrected chi connectivity index (χ3v) is 4.57. The van der Waals surface area contributed by atoms with E-state index in [1.807, 2.05) is 4.90 Å². The number of carboxylic acids is 1. The van der Waals surface area contributed by atoms with Crippen LogP contribution in [0.25, 0.3) is 0 Å². The van der Waals surface area contributed by atoms with Crippen LogP contribution in [-0.2, 0) is 9.59 Å². The van der Waals surface area contributed by atoms with Crippen LogP contribution in [0.1, 0.15) is 51.4 Å². The van der Waals surface area contributed by atoms with Gasteiger partial charge in [-0.3, -0.25) is 9.59 Å². The van der Waals surface area contributed by atoms with E-state index in [4.69, 9.17) is 10.8 Å². The second-order valence-electron chi connectivity index (χ2n) is 5.98. The van der Waals surface area contributed by atoms with Crippen molar-refractivity contribution in [3.05, 3.63) is 0 Å². The van der Waals surface area contributed by atoms with Crippen molar-refractivity contribution in [2.75, 3.05) is 13.1 Å². The van der Waals surface area contributed by atoms with Gasteiger partial charge in [-0.25, -0.2) is 0 Å². The Labute approximate surface area is 114 Å². The molecule has 0 aromatic carbocycles. The van der Waals surface area contributed by atoms with Crippen LogP contribution in [-0.4, -0.2) is 40.5 Å². The molecule has 1 amide bonds. The SMILES string of the molecule is NC1(C(=O)O)CCC(C(=O)N2CCCCCC2)CC1. The first-order valence-corrected chi connectivity index (χ1v) is 7.34. The fraction of sp³-hybridized carbons (Fsp3) is 0.857. The normalized spacial score (nSPS) is 32.7. The number of hydrogen-bond acceptors (Lipinski definition) is 3. The van der Waals surface area contributed by atoms with Crippen molar-refractivity contribution >= 4 is 11.9 Å². The van der Waals surface area contributed by atoms with Gasteiger partial charge in [0.2, 0.25) is 5.91 Å². The van der Waals surface area contributed by atoms with Crippen LogP contribution in [0.15, 0.2) is 0 Å². The number of carbonyl (C=O) groups excluding carboxylic acids is 1. The monoisotopic (exact) mass is 268 g/mol. The molecule has 1 heterocycles. The van der Waals surface area contributed by atoms with Crippen LogP contribution < -0.4 is 5.73 Å². The standard InChI is InChI=1S/C14H24N2O3/c15-14(13(18)19)7-5-11(6-8-14)12(17)16-9-3-1-2-4-10-16/h11H,1-10,15H2,(H,18,19). The van der Waals surface area contributed by atoms with E-state index in [0.29, 0.717) is 25.7 Å². The lowest BCUT2D eigenvalue weighted by atomic mass is 9.76. The maximum absolute atomic E-state index is 12.4. The lowest BCUT2D eigenvalue weighted by molar-refractivity contribution is -0.147. The number of nitrogens with two attached hydrogens (primary N) is 1. The maximum Gasteiger partial charge on any atom is 0.323 e. The molecule has 3 N–H and O–H groups in total. The molecule has 1 aliphatic heterocycles. The molecule has 0 radical (unpaired) electrons. The summed E-state index contributed by atoms with van der Waals surface area (Å²) in [6, 6.07) is 0. The fourth-order valence-electron chi connectivity index (χ4n) is 3.14. The highest BCUT2D eigenvalue weighted by atomic mass is 16.4. The molecule has 1 saturated carbocycles. The van der Waals surface area contributed by atoms with Gasteiger partial charge in [0.15, 0.2) is 0 Å². The van der Waals surface area contributed by atoms with Gasteiger partial charge in [-0.05, 0) is 38.5 Å². The third kappa shape index (κ3) is 3.26. The summed E-state index contributed by atoms with van der Waals surface area (Å²) in [6.07, 6.45) is 6.64.